The van der Waals surface area contributed by atoms with E-state index >= 15 is 0 Å². The van der Waals surface area contributed by atoms with Gasteiger partial charge in [0.15, 0.2) is 0 Å². The lowest BCUT2D eigenvalue weighted by molar-refractivity contribution is 0.499. The van der Waals surface area contributed by atoms with Gasteiger partial charge >= 0.3 is 0 Å². The molecule has 2 rings (SSSR count). The lowest BCUT2D eigenvalue weighted by Gasteiger charge is -2.19. The molecule has 0 amide bonds. The van der Waals surface area contributed by atoms with Crippen molar-refractivity contribution in [1.29, 1.82) is 0 Å². The SMILES string of the molecule is CCCNC(CCc1ccc(Br)cc1Cl)c1ccccc1. The van der Waals surface area contributed by atoms with E-state index in [1.165, 1.54) is 11.1 Å². The first-order chi connectivity index (χ1) is 10.2. The molecular formula is C18H21BrClN. The fourth-order valence-corrected chi connectivity index (χ4v) is 3.18. The zero-order valence-corrected chi connectivity index (χ0v) is 14.6. The third-order valence-electron chi connectivity index (χ3n) is 3.56. The van der Waals surface area contributed by atoms with E-state index < -0.39 is 0 Å². The molecule has 1 unspecified atom stereocenters. The molecule has 0 spiro atoms. The summed E-state index contributed by atoms with van der Waals surface area (Å²) in [7, 11) is 0. The minimum absolute atomic E-state index is 0.380. The van der Waals surface area contributed by atoms with Gasteiger partial charge in [-0.3, -0.25) is 0 Å². The Morgan fingerprint density at radius 3 is 2.57 bits per heavy atom. The molecule has 3 heteroatoms. The van der Waals surface area contributed by atoms with Crippen molar-refractivity contribution in [3.63, 3.8) is 0 Å². The van der Waals surface area contributed by atoms with Gasteiger partial charge in [-0.1, -0.05) is 70.9 Å². The first-order valence-corrected chi connectivity index (χ1v) is 8.60. The Labute approximate surface area is 140 Å². The second kappa shape index (κ2) is 8.57. The van der Waals surface area contributed by atoms with Crippen LogP contribution in [0.2, 0.25) is 5.02 Å². The Kier molecular flexibility index (Phi) is 6.75. The molecule has 0 aliphatic rings. The molecule has 0 heterocycles. The van der Waals surface area contributed by atoms with Crippen LogP contribution >= 0.6 is 27.5 Å². The van der Waals surface area contributed by atoms with Crippen molar-refractivity contribution in [2.45, 2.75) is 32.2 Å². The van der Waals surface area contributed by atoms with E-state index in [2.05, 4.69) is 70.6 Å². The van der Waals surface area contributed by atoms with Crippen molar-refractivity contribution < 1.29 is 0 Å². The van der Waals surface area contributed by atoms with E-state index in [9.17, 15) is 0 Å². The largest absolute Gasteiger partial charge is 0.310 e. The number of hydrogen-bond acceptors (Lipinski definition) is 1. The molecule has 2 aromatic carbocycles. The molecule has 0 saturated heterocycles. The maximum Gasteiger partial charge on any atom is 0.0449 e. The Hall–Kier alpha value is -0.830. The van der Waals surface area contributed by atoms with Gasteiger partial charge in [-0.15, -0.1) is 0 Å². The first-order valence-electron chi connectivity index (χ1n) is 7.43. The second-order valence-corrected chi connectivity index (χ2v) is 6.51. The summed E-state index contributed by atoms with van der Waals surface area (Å²) >= 11 is 9.76. The van der Waals surface area contributed by atoms with Gasteiger partial charge < -0.3 is 5.32 Å². The van der Waals surface area contributed by atoms with Gasteiger partial charge in [-0.25, -0.2) is 0 Å². The van der Waals surface area contributed by atoms with Gasteiger partial charge in [-0.2, -0.15) is 0 Å². The second-order valence-electron chi connectivity index (χ2n) is 5.19. The van der Waals surface area contributed by atoms with E-state index in [4.69, 9.17) is 11.6 Å². The molecule has 1 N–H and O–H groups in total. The Morgan fingerprint density at radius 2 is 1.90 bits per heavy atom. The molecule has 0 aliphatic carbocycles. The lowest BCUT2D eigenvalue weighted by atomic mass is 9.99. The van der Waals surface area contributed by atoms with E-state index in [0.717, 1.165) is 35.3 Å². The third kappa shape index (κ3) is 5.14. The summed E-state index contributed by atoms with van der Waals surface area (Å²) < 4.78 is 1.03. The molecule has 1 atom stereocenters. The average molecular weight is 367 g/mol. The predicted octanol–water partition coefficient (Wildman–Crippen LogP) is 5.78. The predicted molar refractivity (Wildman–Crippen MR) is 94.9 cm³/mol. The van der Waals surface area contributed by atoms with Gasteiger partial charge in [0.25, 0.3) is 0 Å². The van der Waals surface area contributed by atoms with E-state index in [1.807, 2.05) is 6.07 Å². The highest BCUT2D eigenvalue weighted by molar-refractivity contribution is 9.10. The van der Waals surface area contributed by atoms with Crippen LogP contribution in [0.3, 0.4) is 0 Å². The summed E-state index contributed by atoms with van der Waals surface area (Å²) in [6.45, 7) is 3.23. The molecule has 0 fully saturated rings. The topological polar surface area (TPSA) is 12.0 Å². The number of nitrogens with one attached hydrogen (secondary N) is 1. The number of hydrogen-bond donors (Lipinski definition) is 1. The fourth-order valence-electron chi connectivity index (χ4n) is 2.41. The van der Waals surface area contributed by atoms with Gasteiger partial charge in [0.2, 0.25) is 0 Å². The van der Waals surface area contributed by atoms with Crippen LogP contribution in [0.1, 0.15) is 36.9 Å². The molecule has 2 aromatic rings. The molecule has 1 nitrogen and oxygen atoms in total. The van der Waals surface area contributed by atoms with Gasteiger partial charge in [0.1, 0.15) is 0 Å². The monoisotopic (exact) mass is 365 g/mol. The highest BCUT2D eigenvalue weighted by Gasteiger charge is 2.11. The van der Waals surface area contributed by atoms with E-state index in [0.29, 0.717) is 6.04 Å². The Balaban J connectivity index is 2.05. The summed E-state index contributed by atoms with van der Waals surface area (Å²) in [5.41, 5.74) is 2.55. The zero-order valence-electron chi connectivity index (χ0n) is 12.3. The summed E-state index contributed by atoms with van der Waals surface area (Å²) in [4.78, 5) is 0. The van der Waals surface area contributed by atoms with Crippen molar-refractivity contribution in [2.75, 3.05) is 6.54 Å². The number of halogens is 2. The molecule has 0 aliphatic heterocycles. The van der Waals surface area contributed by atoms with Crippen LogP contribution in [0.25, 0.3) is 0 Å². The molecule has 0 bridgehead atoms. The molecular weight excluding hydrogens is 346 g/mol. The first kappa shape index (κ1) is 16.5. The van der Waals surface area contributed by atoms with Crippen LogP contribution in [0.4, 0.5) is 0 Å². The minimum Gasteiger partial charge on any atom is -0.310 e. The summed E-state index contributed by atoms with van der Waals surface area (Å²) in [6, 6.07) is 17.1. The molecule has 0 aromatic heterocycles. The number of aryl methyl sites for hydroxylation is 1. The van der Waals surface area contributed by atoms with Crippen LogP contribution in [-0.2, 0) is 6.42 Å². The Morgan fingerprint density at radius 1 is 1.14 bits per heavy atom. The average Bonchev–Trinajstić information content (AvgIpc) is 2.50. The van der Waals surface area contributed by atoms with E-state index in [-0.39, 0.29) is 0 Å². The van der Waals surface area contributed by atoms with Gasteiger partial charge in [0, 0.05) is 15.5 Å². The highest BCUT2D eigenvalue weighted by Crippen LogP contribution is 2.25. The molecule has 0 saturated carbocycles. The smallest absolute Gasteiger partial charge is 0.0449 e. The molecule has 0 radical (unpaired) electrons. The van der Waals surface area contributed by atoms with Crippen molar-refractivity contribution in [3.8, 4) is 0 Å². The number of benzene rings is 2. The van der Waals surface area contributed by atoms with Crippen molar-refractivity contribution in [3.05, 3.63) is 69.2 Å². The van der Waals surface area contributed by atoms with Gasteiger partial charge in [0.05, 0.1) is 0 Å². The van der Waals surface area contributed by atoms with Crippen LogP contribution in [0.15, 0.2) is 53.0 Å². The molecule has 112 valence electrons. The summed E-state index contributed by atoms with van der Waals surface area (Å²) in [6.07, 6.45) is 3.16. The van der Waals surface area contributed by atoms with Crippen LogP contribution in [0, 0.1) is 0 Å². The number of rotatable bonds is 7. The normalized spacial score (nSPS) is 12.3. The quantitative estimate of drug-likeness (QED) is 0.655. The minimum atomic E-state index is 0.380. The molecule has 21 heavy (non-hydrogen) atoms. The summed E-state index contributed by atoms with van der Waals surface area (Å²) in [5, 5.41) is 4.47. The Bertz CT molecular complexity index is 556. The lowest BCUT2D eigenvalue weighted by Crippen LogP contribution is -2.22. The van der Waals surface area contributed by atoms with Crippen LogP contribution in [0.5, 0.6) is 0 Å². The van der Waals surface area contributed by atoms with Gasteiger partial charge in [-0.05, 0) is 49.1 Å². The maximum atomic E-state index is 6.31. The summed E-state index contributed by atoms with van der Waals surface area (Å²) in [5.74, 6) is 0. The van der Waals surface area contributed by atoms with Crippen molar-refractivity contribution in [2.24, 2.45) is 0 Å². The van der Waals surface area contributed by atoms with Crippen LogP contribution < -0.4 is 5.32 Å². The highest BCUT2D eigenvalue weighted by atomic mass is 79.9. The fraction of sp³-hybridized carbons (Fsp3) is 0.333. The standard InChI is InChI=1S/C18H21BrClN/c1-2-12-21-18(15-6-4-3-5-7-15)11-9-14-8-10-16(19)13-17(14)20/h3-8,10,13,18,21H,2,9,11-12H2,1H3. The zero-order chi connectivity index (χ0) is 15.1. The maximum absolute atomic E-state index is 6.31. The third-order valence-corrected chi connectivity index (χ3v) is 4.41. The van der Waals surface area contributed by atoms with Crippen molar-refractivity contribution in [1.82, 2.24) is 5.32 Å². The van der Waals surface area contributed by atoms with Crippen LogP contribution in [-0.4, -0.2) is 6.54 Å². The van der Waals surface area contributed by atoms with Crippen molar-refractivity contribution >= 4 is 27.5 Å². The van der Waals surface area contributed by atoms with E-state index in [1.54, 1.807) is 0 Å².